The Bertz CT molecular complexity index is 965. The quantitative estimate of drug-likeness (QED) is 0.420. The summed E-state index contributed by atoms with van der Waals surface area (Å²) < 4.78 is 22.6. The molecule has 0 spiro atoms. The summed E-state index contributed by atoms with van der Waals surface area (Å²) in [4.78, 5) is 37.9. The monoisotopic (exact) mass is 440 g/mol. The molecule has 1 heterocycles. The second-order valence-corrected chi connectivity index (χ2v) is 7.27. The highest BCUT2D eigenvalue weighted by atomic mass is 19.1. The van der Waals surface area contributed by atoms with E-state index in [0.29, 0.717) is 37.2 Å². The molecule has 0 aliphatic carbocycles. The second kappa shape index (κ2) is 11.1. The number of hydrogen-bond acceptors (Lipinski definition) is 5. The lowest BCUT2D eigenvalue weighted by atomic mass is 10.0. The first-order valence-corrected chi connectivity index (χ1v) is 10.4. The van der Waals surface area contributed by atoms with Crippen LogP contribution < -0.4 is 10.1 Å². The van der Waals surface area contributed by atoms with Crippen molar-refractivity contribution in [3.8, 4) is 5.75 Å². The fourth-order valence-corrected chi connectivity index (χ4v) is 3.31. The summed E-state index contributed by atoms with van der Waals surface area (Å²) in [5, 5.41) is 2.94. The number of carbonyl (C=O) groups is 3. The normalized spacial score (nSPS) is 14.2. The van der Waals surface area contributed by atoms with Crippen molar-refractivity contribution in [3.63, 3.8) is 0 Å². The molecule has 7 nitrogen and oxygen atoms in total. The van der Waals surface area contributed by atoms with Crippen LogP contribution in [0.25, 0.3) is 6.08 Å². The third-order valence-corrected chi connectivity index (χ3v) is 4.99. The topological polar surface area (TPSA) is 84.9 Å². The average Bonchev–Trinajstić information content (AvgIpc) is 2.79. The number of rotatable bonds is 6. The largest absolute Gasteiger partial charge is 0.513 e. The molecule has 0 atom stereocenters. The Kier molecular flexibility index (Phi) is 7.96. The molecule has 168 valence electrons. The molecule has 2 aromatic rings. The van der Waals surface area contributed by atoms with Gasteiger partial charge in [0.25, 0.3) is 5.91 Å². The highest BCUT2D eigenvalue weighted by Crippen LogP contribution is 2.17. The molecule has 2 amide bonds. The molecule has 8 heteroatoms. The van der Waals surface area contributed by atoms with Gasteiger partial charge < -0.3 is 19.7 Å². The first kappa shape index (κ1) is 23.0. The zero-order valence-corrected chi connectivity index (χ0v) is 17.8. The van der Waals surface area contributed by atoms with Crippen LogP contribution in [0, 0.1) is 5.82 Å². The van der Waals surface area contributed by atoms with Gasteiger partial charge in [0.05, 0.1) is 6.61 Å². The van der Waals surface area contributed by atoms with E-state index in [1.165, 1.54) is 18.2 Å². The van der Waals surface area contributed by atoms with E-state index >= 15 is 0 Å². The molecule has 32 heavy (non-hydrogen) atoms. The van der Waals surface area contributed by atoms with Crippen LogP contribution in [0.3, 0.4) is 0 Å². The lowest BCUT2D eigenvalue weighted by molar-refractivity contribution is -0.117. The Balaban J connectivity index is 1.45. The zero-order chi connectivity index (χ0) is 22.9. The van der Waals surface area contributed by atoms with Gasteiger partial charge in [-0.2, -0.15) is 0 Å². The number of likely N-dealkylation sites (tertiary alicyclic amines) is 1. The maximum absolute atomic E-state index is 12.9. The molecule has 1 saturated heterocycles. The number of hydrogen-bond donors (Lipinski definition) is 1. The minimum atomic E-state index is -0.789. The molecule has 2 aromatic carbocycles. The van der Waals surface area contributed by atoms with Gasteiger partial charge in [-0.25, -0.2) is 9.18 Å². The molecule has 0 saturated carbocycles. The molecule has 1 N–H and O–H groups in total. The molecular formula is C24H25FN2O5. The molecule has 1 fully saturated rings. The predicted octanol–water partition coefficient (Wildman–Crippen LogP) is 3.80. The highest BCUT2D eigenvalue weighted by Gasteiger charge is 2.24. The van der Waals surface area contributed by atoms with Gasteiger partial charge in [0.1, 0.15) is 11.6 Å². The third kappa shape index (κ3) is 6.66. The Morgan fingerprint density at radius 1 is 1.06 bits per heavy atom. The fourth-order valence-electron chi connectivity index (χ4n) is 3.31. The Morgan fingerprint density at radius 3 is 2.34 bits per heavy atom. The van der Waals surface area contributed by atoms with Crippen LogP contribution in [0.2, 0.25) is 0 Å². The Labute approximate surface area is 185 Å². The van der Waals surface area contributed by atoms with Crippen molar-refractivity contribution in [3.05, 3.63) is 71.6 Å². The molecule has 1 aliphatic heterocycles. The van der Waals surface area contributed by atoms with Gasteiger partial charge >= 0.3 is 6.16 Å². The molecule has 3 rings (SSSR count). The minimum absolute atomic E-state index is 0.0234. The van der Waals surface area contributed by atoms with Crippen molar-refractivity contribution in [2.45, 2.75) is 25.8 Å². The van der Waals surface area contributed by atoms with Crippen LogP contribution in [-0.2, 0) is 9.53 Å². The van der Waals surface area contributed by atoms with Crippen LogP contribution >= 0.6 is 0 Å². The fraction of sp³-hybridized carbons (Fsp3) is 0.292. The first-order valence-electron chi connectivity index (χ1n) is 10.4. The Morgan fingerprint density at radius 2 is 1.72 bits per heavy atom. The summed E-state index contributed by atoms with van der Waals surface area (Å²) in [5.41, 5.74) is 1.23. The molecule has 1 aliphatic rings. The summed E-state index contributed by atoms with van der Waals surface area (Å²) in [6, 6.07) is 12.1. The lowest BCUT2D eigenvalue weighted by Crippen LogP contribution is -2.46. The van der Waals surface area contributed by atoms with E-state index in [-0.39, 0.29) is 30.3 Å². The maximum atomic E-state index is 12.9. The molecule has 0 unspecified atom stereocenters. The summed E-state index contributed by atoms with van der Waals surface area (Å²) in [7, 11) is 0. The van der Waals surface area contributed by atoms with Crippen LogP contribution in [0.5, 0.6) is 5.75 Å². The van der Waals surface area contributed by atoms with E-state index < -0.39 is 6.16 Å². The van der Waals surface area contributed by atoms with Gasteiger partial charge in [-0.1, -0.05) is 12.1 Å². The van der Waals surface area contributed by atoms with E-state index in [0.717, 1.165) is 5.56 Å². The number of amides is 2. The van der Waals surface area contributed by atoms with Crippen LogP contribution in [0.4, 0.5) is 9.18 Å². The van der Waals surface area contributed by atoms with Gasteiger partial charge in [0.15, 0.2) is 0 Å². The SMILES string of the molecule is CCOC(=O)Oc1ccc(C(=O)N2CCC(NC(=O)/C=C/c3ccc(F)cc3)CC2)cc1. The van der Waals surface area contributed by atoms with E-state index in [9.17, 15) is 18.8 Å². The standard InChI is InChI=1S/C24H25FN2O5/c1-2-31-24(30)32-21-10-6-18(7-11-21)23(29)27-15-13-20(14-16-27)26-22(28)12-5-17-3-8-19(25)9-4-17/h3-12,20H,2,13-16H2,1H3,(H,26,28)/b12-5+. The van der Waals surface area contributed by atoms with Crippen molar-refractivity contribution in [1.82, 2.24) is 10.2 Å². The number of carbonyl (C=O) groups excluding carboxylic acids is 3. The van der Waals surface area contributed by atoms with Gasteiger partial charge in [-0.3, -0.25) is 9.59 Å². The van der Waals surface area contributed by atoms with E-state index in [4.69, 9.17) is 9.47 Å². The van der Waals surface area contributed by atoms with Crippen LogP contribution in [0.15, 0.2) is 54.6 Å². The Hall–Kier alpha value is -3.68. The van der Waals surface area contributed by atoms with Gasteiger partial charge in [0, 0.05) is 30.8 Å². The van der Waals surface area contributed by atoms with Crippen molar-refractivity contribution < 1.29 is 28.2 Å². The van der Waals surface area contributed by atoms with Crippen molar-refractivity contribution >= 4 is 24.0 Å². The van der Waals surface area contributed by atoms with Gasteiger partial charge in [0.2, 0.25) is 5.91 Å². The first-order chi connectivity index (χ1) is 15.4. The van der Waals surface area contributed by atoms with Crippen molar-refractivity contribution in [1.29, 1.82) is 0 Å². The number of nitrogens with zero attached hydrogens (tertiary/aromatic N) is 1. The summed E-state index contributed by atoms with van der Waals surface area (Å²) >= 11 is 0. The zero-order valence-electron chi connectivity index (χ0n) is 17.8. The van der Waals surface area contributed by atoms with Crippen LogP contribution in [-0.4, -0.2) is 48.6 Å². The number of benzene rings is 2. The summed E-state index contributed by atoms with van der Waals surface area (Å²) in [5.74, 6) is -0.367. The van der Waals surface area contributed by atoms with Gasteiger partial charge in [-0.05, 0) is 67.8 Å². The number of nitrogens with one attached hydrogen (secondary N) is 1. The number of ether oxygens (including phenoxy) is 2. The molecular weight excluding hydrogens is 415 g/mol. The highest BCUT2D eigenvalue weighted by molar-refractivity contribution is 5.94. The third-order valence-electron chi connectivity index (χ3n) is 4.99. The smallest absolute Gasteiger partial charge is 0.434 e. The predicted molar refractivity (Wildman–Crippen MR) is 117 cm³/mol. The van der Waals surface area contributed by atoms with E-state index in [2.05, 4.69) is 5.32 Å². The molecule has 0 aromatic heterocycles. The lowest BCUT2D eigenvalue weighted by Gasteiger charge is -2.32. The van der Waals surface area contributed by atoms with E-state index in [1.54, 1.807) is 54.3 Å². The minimum Gasteiger partial charge on any atom is -0.434 e. The molecule has 0 bridgehead atoms. The summed E-state index contributed by atoms with van der Waals surface area (Å²) in [6.07, 6.45) is 3.55. The van der Waals surface area contributed by atoms with Crippen LogP contribution in [0.1, 0.15) is 35.7 Å². The van der Waals surface area contributed by atoms with E-state index in [1.807, 2.05) is 0 Å². The summed E-state index contributed by atoms with van der Waals surface area (Å²) in [6.45, 7) is 2.94. The van der Waals surface area contributed by atoms with Crippen molar-refractivity contribution in [2.75, 3.05) is 19.7 Å². The molecule has 0 radical (unpaired) electrons. The second-order valence-electron chi connectivity index (χ2n) is 7.27. The number of halogens is 1. The van der Waals surface area contributed by atoms with Crippen molar-refractivity contribution in [2.24, 2.45) is 0 Å². The maximum Gasteiger partial charge on any atom is 0.513 e. The van der Waals surface area contributed by atoms with Gasteiger partial charge in [-0.15, -0.1) is 0 Å². The number of piperidine rings is 1. The average molecular weight is 440 g/mol.